The van der Waals surface area contributed by atoms with E-state index in [-0.39, 0.29) is 5.91 Å². The van der Waals surface area contributed by atoms with E-state index in [1.807, 2.05) is 6.07 Å². The third-order valence-electron chi connectivity index (χ3n) is 3.68. The number of carbonyl (C=O) groups excluding carboxylic acids is 1. The lowest BCUT2D eigenvalue weighted by atomic mass is 10.2. The lowest BCUT2D eigenvalue weighted by Crippen LogP contribution is -2.14. The Morgan fingerprint density at radius 1 is 1.20 bits per heavy atom. The number of fused-ring (bicyclic) bond motifs is 1. The van der Waals surface area contributed by atoms with Crippen molar-refractivity contribution in [2.45, 2.75) is 6.92 Å². The molecular weight excluding hydrogens is 340 g/mol. The van der Waals surface area contributed by atoms with Crippen LogP contribution in [0.5, 0.6) is 0 Å². The second kappa shape index (κ2) is 6.03. The van der Waals surface area contributed by atoms with Crippen molar-refractivity contribution < 1.29 is 4.79 Å². The minimum absolute atomic E-state index is 0.326. The van der Waals surface area contributed by atoms with E-state index in [2.05, 4.69) is 20.5 Å². The number of amides is 1. The lowest BCUT2D eigenvalue weighted by molar-refractivity contribution is 0.102. The zero-order valence-electron chi connectivity index (χ0n) is 13.2. The summed E-state index contributed by atoms with van der Waals surface area (Å²) in [6, 6.07) is 10.5. The van der Waals surface area contributed by atoms with Crippen LogP contribution in [0.1, 0.15) is 16.2 Å². The third-order valence-corrected chi connectivity index (χ3v) is 4.01. The minimum atomic E-state index is -0.326. The van der Waals surface area contributed by atoms with Gasteiger partial charge in [0.15, 0.2) is 5.65 Å². The summed E-state index contributed by atoms with van der Waals surface area (Å²) >= 11 is 6.22. The first-order chi connectivity index (χ1) is 12.1. The Morgan fingerprint density at radius 2 is 2.08 bits per heavy atom. The highest BCUT2D eigenvalue weighted by atomic mass is 35.5. The average molecular weight is 353 g/mol. The molecule has 25 heavy (non-hydrogen) atoms. The van der Waals surface area contributed by atoms with Gasteiger partial charge >= 0.3 is 0 Å². The quantitative estimate of drug-likeness (QED) is 0.614. The van der Waals surface area contributed by atoms with Crippen molar-refractivity contribution in [2.24, 2.45) is 0 Å². The molecule has 0 spiro atoms. The Kier molecular flexibility index (Phi) is 3.70. The maximum atomic E-state index is 12.7. The van der Waals surface area contributed by atoms with Crippen molar-refractivity contribution in [3.8, 4) is 5.69 Å². The first-order valence-electron chi connectivity index (χ1n) is 7.55. The van der Waals surface area contributed by atoms with Gasteiger partial charge in [-0.1, -0.05) is 11.6 Å². The van der Waals surface area contributed by atoms with Crippen molar-refractivity contribution >= 4 is 28.8 Å². The largest absolute Gasteiger partial charge is 0.319 e. The van der Waals surface area contributed by atoms with Crippen LogP contribution in [0, 0.1) is 6.92 Å². The van der Waals surface area contributed by atoms with Gasteiger partial charge in [0.2, 0.25) is 0 Å². The summed E-state index contributed by atoms with van der Waals surface area (Å²) in [4.78, 5) is 17.1. The highest BCUT2D eigenvalue weighted by Gasteiger charge is 2.15. The van der Waals surface area contributed by atoms with Crippen molar-refractivity contribution in [1.29, 1.82) is 0 Å². The Hall–Kier alpha value is -3.19. The van der Waals surface area contributed by atoms with Gasteiger partial charge in [0, 0.05) is 18.6 Å². The summed E-state index contributed by atoms with van der Waals surface area (Å²) in [5.74, 6) is 0.299. The van der Waals surface area contributed by atoms with Crippen LogP contribution in [0.25, 0.3) is 11.3 Å². The second-order valence-corrected chi connectivity index (χ2v) is 5.83. The van der Waals surface area contributed by atoms with Gasteiger partial charge in [-0.05, 0) is 43.3 Å². The van der Waals surface area contributed by atoms with Crippen LogP contribution in [0.3, 0.4) is 0 Å². The predicted octanol–water partition coefficient (Wildman–Crippen LogP) is 3.13. The second-order valence-electron chi connectivity index (χ2n) is 5.42. The van der Waals surface area contributed by atoms with Crippen LogP contribution < -0.4 is 5.32 Å². The smallest absolute Gasteiger partial charge is 0.257 e. The minimum Gasteiger partial charge on any atom is -0.319 e. The van der Waals surface area contributed by atoms with Gasteiger partial charge in [-0.15, -0.1) is 0 Å². The molecule has 4 aromatic rings. The fourth-order valence-electron chi connectivity index (χ4n) is 2.55. The third kappa shape index (κ3) is 2.85. The number of hydrogen-bond donors (Lipinski definition) is 1. The molecule has 3 aromatic heterocycles. The van der Waals surface area contributed by atoms with E-state index in [0.717, 1.165) is 5.69 Å². The monoisotopic (exact) mass is 352 g/mol. The Balaban J connectivity index is 1.70. The van der Waals surface area contributed by atoms with E-state index < -0.39 is 0 Å². The molecule has 0 aliphatic rings. The number of benzene rings is 1. The number of aromatic nitrogens is 5. The number of aryl methyl sites for hydroxylation is 1. The fourth-order valence-corrected chi connectivity index (χ4v) is 2.75. The first-order valence-corrected chi connectivity index (χ1v) is 7.92. The molecule has 0 saturated carbocycles. The topological polar surface area (TPSA) is 77.1 Å². The van der Waals surface area contributed by atoms with Crippen LogP contribution in [-0.4, -0.2) is 30.3 Å². The standard InChI is InChI=1S/C17H13ClN6O/c1-11-20-16-15(4-2-8-24(16)22-11)21-17(25)13-10-12(5-6-14(13)18)23-9-3-7-19-23/h2-10H,1H3,(H,21,25). The zero-order chi connectivity index (χ0) is 17.4. The number of nitrogens with zero attached hydrogens (tertiary/aromatic N) is 5. The van der Waals surface area contributed by atoms with E-state index in [4.69, 9.17) is 11.6 Å². The Labute approximate surface area is 147 Å². The van der Waals surface area contributed by atoms with Crippen LogP contribution in [0.15, 0.2) is 55.0 Å². The molecule has 8 heteroatoms. The first kappa shape index (κ1) is 15.3. The molecule has 1 amide bonds. The number of nitrogens with one attached hydrogen (secondary N) is 1. The highest BCUT2D eigenvalue weighted by molar-refractivity contribution is 6.34. The van der Waals surface area contributed by atoms with Crippen molar-refractivity contribution in [1.82, 2.24) is 24.4 Å². The van der Waals surface area contributed by atoms with E-state index in [0.29, 0.717) is 27.7 Å². The molecule has 0 radical (unpaired) electrons. The molecule has 0 atom stereocenters. The number of halogens is 1. The summed E-state index contributed by atoms with van der Waals surface area (Å²) < 4.78 is 3.28. The number of rotatable bonds is 3. The average Bonchev–Trinajstić information content (AvgIpc) is 3.24. The van der Waals surface area contributed by atoms with Crippen molar-refractivity contribution in [3.63, 3.8) is 0 Å². The number of pyridine rings is 1. The van der Waals surface area contributed by atoms with Crippen molar-refractivity contribution in [2.75, 3.05) is 5.32 Å². The van der Waals surface area contributed by atoms with Crippen molar-refractivity contribution in [3.05, 3.63) is 71.4 Å². The SMILES string of the molecule is Cc1nc2c(NC(=O)c3cc(-n4cccn4)ccc3Cl)cccn2n1. The molecular formula is C17H13ClN6O. The van der Waals surface area contributed by atoms with Crippen LogP contribution >= 0.6 is 11.6 Å². The van der Waals surface area contributed by atoms with Crippen LogP contribution in [-0.2, 0) is 0 Å². The summed E-state index contributed by atoms with van der Waals surface area (Å²) in [5, 5.41) is 11.6. The lowest BCUT2D eigenvalue weighted by Gasteiger charge is -2.09. The zero-order valence-corrected chi connectivity index (χ0v) is 14.0. The fraction of sp³-hybridized carbons (Fsp3) is 0.0588. The molecule has 0 aliphatic heterocycles. The van der Waals surface area contributed by atoms with Gasteiger partial charge < -0.3 is 5.32 Å². The van der Waals surface area contributed by atoms with Gasteiger partial charge in [0.1, 0.15) is 5.82 Å². The maximum Gasteiger partial charge on any atom is 0.257 e. The molecule has 0 bridgehead atoms. The molecule has 0 aliphatic carbocycles. The van der Waals surface area contributed by atoms with Gasteiger partial charge in [0.25, 0.3) is 5.91 Å². The van der Waals surface area contributed by atoms with Crippen LogP contribution in [0.2, 0.25) is 5.02 Å². The maximum absolute atomic E-state index is 12.7. The molecule has 7 nitrogen and oxygen atoms in total. The molecule has 1 aromatic carbocycles. The van der Waals surface area contributed by atoms with Gasteiger partial charge in [-0.25, -0.2) is 14.2 Å². The van der Waals surface area contributed by atoms with E-state index in [1.54, 1.807) is 65.0 Å². The molecule has 3 heterocycles. The molecule has 0 unspecified atom stereocenters. The van der Waals surface area contributed by atoms with E-state index >= 15 is 0 Å². The number of hydrogen-bond acceptors (Lipinski definition) is 4. The normalized spacial score (nSPS) is 11.0. The Morgan fingerprint density at radius 3 is 2.88 bits per heavy atom. The molecule has 1 N–H and O–H groups in total. The molecule has 124 valence electrons. The molecule has 0 fully saturated rings. The Bertz CT molecular complexity index is 1070. The van der Waals surface area contributed by atoms with Gasteiger partial charge in [-0.3, -0.25) is 4.79 Å². The number of carbonyl (C=O) groups is 1. The van der Waals surface area contributed by atoms with Crippen LogP contribution in [0.4, 0.5) is 5.69 Å². The van der Waals surface area contributed by atoms with E-state index in [9.17, 15) is 4.79 Å². The predicted molar refractivity (Wildman–Crippen MR) is 94.3 cm³/mol. The van der Waals surface area contributed by atoms with Gasteiger partial charge in [-0.2, -0.15) is 10.2 Å². The molecule has 4 rings (SSSR count). The highest BCUT2D eigenvalue weighted by Crippen LogP contribution is 2.22. The summed E-state index contributed by atoms with van der Waals surface area (Å²) in [6.07, 6.45) is 5.24. The van der Waals surface area contributed by atoms with E-state index in [1.165, 1.54) is 0 Å². The van der Waals surface area contributed by atoms with Gasteiger partial charge in [0.05, 0.1) is 22.0 Å². The molecule has 0 saturated heterocycles. The summed E-state index contributed by atoms with van der Waals surface area (Å²) in [5.41, 5.74) is 2.24. The number of anilines is 1. The summed E-state index contributed by atoms with van der Waals surface area (Å²) in [6.45, 7) is 1.79. The summed E-state index contributed by atoms with van der Waals surface area (Å²) in [7, 11) is 0.